The van der Waals surface area contributed by atoms with Gasteiger partial charge in [0.2, 0.25) is 5.91 Å². The number of piperidine rings is 1. The Balaban J connectivity index is 1.92. The first kappa shape index (κ1) is 18.3. The summed E-state index contributed by atoms with van der Waals surface area (Å²) < 4.78 is 0. The van der Waals surface area contributed by atoms with Crippen LogP contribution in [0, 0.1) is 6.92 Å². The van der Waals surface area contributed by atoms with Crippen LogP contribution in [0.5, 0.6) is 0 Å². The summed E-state index contributed by atoms with van der Waals surface area (Å²) in [6.45, 7) is 4.77. The summed E-state index contributed by atoms with van der Waals surface area (Å²) in [5.74, 6) is 0.152. The van der Waals surface area contributed by atoms with Crippen LogP contribution in [0.2, 0.25) is 0 Å². The van der Waals surface area contributed by atoms with E-state index in [1.165, 1.54) is 11.1 Å². The zero-order valence-corrected chi connectivity index (χ0v) is 15.2. The van der Waals surface area contributed by atoms with Crippen molar-refractivity contribution in [1.29, 1.82) is 0 Å². The monoisotopic (exact) mass is 331 g/mol. The summed E-state index contributed by atoms with van der Waals surface area (Å²) >= 11 is 0. The number of rotatable bonds is 5. The van der Waals surface area contributed by atoms with Crippen molar-refractivity contribution < 1.29 is 9.59 Å². The van der Waals surface area contributed by atoms with E-state index in [0.717, 1.165) is 19.3 Å². The first-order valence-electron chi connectivity index (χ1n) is 8.73. The van der Waals surface area contributed by atoms with Gasteiger partial charge in [0.05, 0.1) is 0 Å². The van der Waals surface area contributed by atoms with Gasteiger partial charge >= 0.3 is 6.03 Å². The first-order valence-corrected chi connectivity index (χ1v) is 8.73. The highest BCUT2D eigenvalue weighted by Crippen LogP contribution is 2.14. The maximum atomic E-state index is 12.6. The average molecular weight is 331 g/mol. The molecule has 1 aliphatic heterocycles. The molecule has 132 valence electrons. The molecule has 1 aromatic rings. The summed E-state index contributed by atoms with van der Waals surface area (Å²) in [5, 5.41) is 3.07. The van der Waals surface area contributed by atoms with Crippen molar-refractivity contribution in [3.63, 3.8) is 0 Å². The molecule has 2 rings (SSSR count). The molecule has 3 amide bonds. The van der Waals surface area contributed by atoms with E-state index in [2.05, 4.69) is 43.4 Å². The molecule has 5 nitrogen and oxygen atoms in total. The van der Waals surface area contributed by atoms with Gasteiger partial charge in [0.25, 0.3) is 0 Å². The number of aryl methyl sites for hydroxylation is 1. The van der Waals surface area contributed by atoms with Gasteiger partial charge < -0.3 is 15.1 Å². The second-order valence-electron chi connectivity index (χ2n) is 6.82. The van der Waals surface area contributed by atoms with Crippen LogP contribution in [0.4, 0.5) is 4.79 Å². The maximum Gasteiger partial charge on any atom is 0.317 e. The Morgan fingerprint density at radius 1 is 1.38 bits per heavy atom. The topological polar surface area (TPSA) is 52.7 Å². The number of benzene rings is 1. The molecular formula is C19H29N3O2. The highest BCUT2D eigenvalue weighted by atomic mass is 16.2. The molecule has 24 heavy (non-hydrogen) atoms. The number of carbonyl (C=O) groups is 2. The third-order valence-electron chi connectivity index (χ3n) is 4.89. The fourth-order valence-electron chi connectivity index (χ4n) is 3.12. The van der Waals surface area contributed by atoms with E-state index in [0.29, 0.717) is 13.0 Å². The normalized spacial score (nSPS) is 19.1. The van der Waals surface area contributed by atoms with Crippen molar-refractivity contribution in [2.75, 3.05) is 20.6 Å². The number of likely N-dealkylation sites (N-methyl/N-ethyl adjacent to an activating group) is 2. The lowest BCUT2D eigenvalue weighted by atomic mass is 10.0. The zero-order valence-electron chi connectivity index (χ0n) is 15.2. The number of likely N-dealkylation sites (tertiary alicyclic amines) is 1. The third-order valence-corrected chi connectivity index (χ3v) is 4.89. The second kappa shape index (κ2) is 8.18. The number of nitrogens with one attached hydrogen (secondary N) is 1. The number of amides is 3. The van der Waals surface area contributed by atoms with Crippen LogP contribution in [-0.2, 0) is 11.2 Å². The van der Waals surface area contributed by atoms with Crippen molar-refractivity contribution in [3.8, 4) is 0 Å². The van der Waals surface area contributed by atoms with Gasteiger partial charge in [-0.3, -0.25) is 4.79 Å². The molecule has 1 aliphatic rings. The van der Waals surface area contributed by atoms with Crippen LogP contribution in [0.1, 0.15) is 37.3 Å². The van der Waals surface area contributed by atoms with E-state index in [4.69, 9.17) is 0 Å². The van der Waals surface area contributed by atoms with Gasteiger partial charge in [-0.25, -0.2) is 4.79 Å². The summed E-state index contributed by atoms with van der Waals surface area (Å²) in [5.41, 5.74) is 2.49. The maximum absolute atomic E-state index is 12.6. The zero-order chi connectivity index (χ0) is 17.7. The molecule has 1 saturated heterocycles. The first-order chi connectivity index (χ1) is 11.4. The lowest BCUT2D eigenvalue weighted by molar-refractivity contribution is -0.132. The van der Waals surface area contributed by atoms with Crippen molar-refractivity contribution >= 4 is 11.9 Å². The Morgan fingerprint density at radius 3 is 2.62 bits per heavy atom. The summed E-state index contributed by atoms with van der Waals surface area (Å²) in [6.07, 6.45) is 2.98. The Labute approximate surface area is 145 Å². The number of hydrogen-bond donors (Lipinski definition) is 1. The van der Waals surface area contributed by atoms with Gasteiger partial charge in [0.1, 0.15) is 0 Å². The molecule has 0 aliphatic carbocycles. The highest BCUT2D eigenvalue weighted by Gasteiger charge is 2.26. The fraction of sp³-hybridized carbons (Fsp3) is 0.579. The van der Waals surface area contributed by atoms with E-state index in [1.807, 2.05) is 7.05 Å². The van der Waals surface area contributed by atoms with E-state index < -0.39 is 0 Å². The minimum atomic E-state index is -0.0540. The minimum absolute atomic E-state index is 0.0412. The molecule has 5 heteroatoms. The molecular weight excluding hydrogens is 302 g/mol. The number of carbonyl (C=O) groups excluding carboxylic acids is 2. The van der Waals surface area contributed by atoms with Crippen molar-refractivity contribution in [3.05, 3.63) is 35.4 Å². The van der Waals surface area contributed by atoms with Crippen LogP contribution in [0.3, 0.4) is 0 Å². The molecule has 0 saturated carbocycles. The van der Waals surface area contributed by atoms with E-state index in [9.17, 15) is 9.59 Å². The predicted octanol–water partition coefficient (Wildman–Crippen LogP) is 2.58. The molecule has 0 radical (unpaired) electrons. The number of urea groups is 1. The largest absolute Gasteiger partial charge is 0.344 e. The van der Waals surface area contributed by atoms with Crippen LogP contribution in [0.25, 0.3) is 0 Å². The molecule has 2 unspecified atom stereocenters. The molecule has 1 fully saturated rings. The second-order valence-corrected chi connectivity index (χ2v) is 6.82. The van der Waals surface area contributed by atoms with Gasteiger partial charge in [0, 0.05) is 39.1 Å². The SMILES string of the molecule is CCC(Cc1ccc(C)cc1)N(C)C(=O)NC1CCC(=O)N(C)C1. The molecule has 0 aromatic heterocycles. The Bertz CT molecular complexity index is 570. The smallest absolute Gasteiger partial charge is 0.317 e. The van der Waals surface area contributed by atoms with E-state index in [1.54, 1.807) is 16.8 Å². The Kier molecular flexibility index (Phi) is 6.23. The number of hydrogen-bond acceptors (Lipinski definition) is 2. The van der Waals surface area contributed by atoms with Gasteiger partial charge in [-0.1, -0.05) is 36.8 Å². The van der Waals surface area contributed by atoms with Gasteiger partial charge in [-0.2, -0.15) is 0 Å². The van der Waals surface area contributed by atoms with Crippen molar-refractivity contribution in [1.82, 2.24) is 15.1 Å². The van der Waals surface area contributed by atoms with Crippen molar-refractivity contribution in [2.24, 2.45) is 0 Å². The molecule has 1 aromatic carbocycles. The quantitative estimate of drug-likeness (QED) is 0.901. The summed E-state index contributed by atoms with van der Waals surface area (Å²) in [4.78, 5) is 27.6. The average Bonchev–Trinajstić information content (AvgIpc) is 2.57. The van der Waals surface area contributed by atoms with Crippen molar-refractivity contribution in [2.45, 2.75) is 51.6 Å². The van der Waals surface area contributed by atoms with Crippen LogP contribution in [0.15, 0.2) is 24.3 Å². The number of nitrogens with zero attached hydrogens (tertiary/aromatic N) is 2. The minimum Gasteiger partial charge on any atom is -0.344 e. The summed E-state index contributed by atoms with van der Waals surface area (Å²) in [6, 6.07) is 8.63. The predicted molar refractivity (Wildman–Crippen MR) is 95.9 cm³/mol. The standard InChI is InChI=1S/C19H29N3O2/c1-5-17(12-15-8-6-14(2)7-9-15)22(4)19(24)20-16-10-11-18(23)21(3)13-16/h6-9,16-17H,5,10-13H2,1-4H3,(H,20,24). The lowest BCUT2D eigenvalue weighted by Crippen LogP contribution is -2.53. The highest BCUT2D eigenvalue weighted by molar-refractivity contribution is 5.78. The van der Waals surface area contributed by atoms with Crippen LogP contribution < -0.4 is 5.32 Å². The van der Waals surface area contributed by atoms with Gasteiger partial charge in [0.15, 0.2) is 0 Å². The molecule has 0 bridgehead atoms. The van der Waals surface area contributed by atoms with Gasteiger partial charge in [-0.05, 0) is 31.7 Å². The van der Waals surface area contributed by atoms with Crippen LogP contribution in [-0.4, -0.2) is 54.5 Å². The molecule has 2 atom stereocenters. The Morgan fingerprint density at radius 2 is 2.04 bits per heavy atom. The van der Waals surface area contributed by atoms with Crippen LogP contribution >= 0.6 is 0 Å². The van der Waals surface area contributed by atoms with E-state index >= 15 is 0 Å². The third kappa shape index (κ3) is 4.73. The fourth-order valence-corrected chi connectivity index (χ4v) is 3.12. The van der Waals surface area contributed by atoms with Gasteiger partial charge in [-0.15, -0.1) is 0 Å². The summed E-state index contributed by atoms with van der Waals surface area (Å²) in [7, 11) is 3.64. The molecule has 1 N–H and O–H groups in total. The molecule has 1 heterocycles. The molecule has 0 spiro atoms. The van der Waals surface area contributed by atoms with E-state index in [-0.39, 0.29) is 24.0 Å². The lowest BCUT2D eigenvalue weighted by Gasteiger charge is -2.33. The Hall–Kier alpha value is -2.04.